The van der Waals surface area contributed by atoms with Crippen LogP contribution in [0.15, 0.2) is 0 Å². The molecule has 0 aromatic rings. The molecule has 0 saturated carbocycles. The molecule has 2 heterocycles. The Hall–Kier alpha value is -0.950. The van der Waals surface area contributed by atoms with Gasteiger partial charge in [-0.25, -0.2) is 8.42 Å². The maximum Gasteiger partial charge on any atom is 0.243 e. The van der Waals surface area contributed by atoms with E-state index >= 15 is 0 Å². The summed E-state index contributed by atoms with van der Waals surface area (Å²) in [6.07, 6.45) is -1.32. The highest BCUT2D eigenvalue weighted by Gasteiger charge is 2.75. The standard InChI is InChI=1S/C12H19NO5S/c1-7(14)12(8(15)11(2,3)4)9(16)13-5-6-19(17,18)10(12)13/h7,10,14H,5-6H2,1-4H3/t7-,10+,12-/m1/s1. The molecule has 0 bridgehead atoms. The zero-order valence-corrected chi connectivity index (χ0v) is 12.3. The highest BCUT2D eigenvalue weighted by Crippen LogP contribution is 2.51. The van der Waals surface area contributed by atoms with Gasteiger partial charge in [0, 0.05) is 12.0 Å². The minimum absolute atomic E-state index is 0.109. The van der Waals surface area contributed by atoms with Crippen LogP contribution in [0.1, 0.15) is 27.7 Å². The van der Waals surface area contributed by atoms with Crippen molar-refractivity contribution in [2.75, 3.05) is 12.3 Å². The van der Waals surface area contributed by atoms with E-state index in [2.05, 4.69) is 0 Å². The van der Waals surface area contributed by atoms with E-state index in [1.54, 1.807) is 20.8 Å². The Labute approximate surface area is 112 Å². The van der Waals surface area contributed by atoms with Crippen molar-refractivity contribution in [3.05, 3.63) is 0 Å². The number of aliphatic hydroxyl groups excluding tert-OH is 1. The fourth-order valence-corrected chi connectivity index (χ4v) is 5.30. The van der Waals surface area contributed by atoms with E-state index < -0.39 is 43.8 Å². The van der Waals surface area contributed by atoms with Crippen molar-refractivity contribution in [3.8, 4) is 0 Å². The fraction of sp³-hybridized carbons (Fsp3) is 0.833. The number of carbonyl (C=O) groups excluding carboxylic acids is 2. The highest BCUT2D eigenvalue weighted by molar-refractivity contribution is 7.92. The summed E-state index contributed by atoms with van der Waals surface area (Å²) < 4.78 is 24.1. The Morgan fingerprint density at radius 3 is 2.42 bits per heavy atom. The van der Waals surface area contributed by atoms with E-state index in [1.165, 1.54) is 11.8 Å². The van der Waals surface area contributed by atoms with E-state index in [1.807, 2.05) is 0 Å². The number of rotatable bonds is 2. The molecule has 2 aliphatic rings. The number of hydrogen-bond acceptors (Lipinski definition) is 5. The van der Waals surface area contributed by atoms with Crippen LogP contribution >= 0.6 is 0 Å². The van der Waals surface area contributed by atoms with E-state index in [0.29, 0.717) is 0 Å². The van der Waals surface area contributed by atoms with Gasteiger partial charge >= 0.3 is 0 Å². The van der Waals surface area contributed by atoms with Crippen LogP contribution in [0.5, 0.6) is 0 Å². The minimum Gasteiger partial charge on any atom is -0.392 e. The molecule has 1 N–H and O–H groups in total. The zero-order valence-electron chi connectivity index (χ0n) is 11.5. The first kappa shape index (κ1) is 14.5. The second-order valence-electron chi connectivity index (χ2n) is 6.34. The predicted octanol–water partition coefficient (Wildman–Crippen LogP) is -0.434. The topological polar surface area (TPSA) is 91.8 Å². The molecule has 3 atom stereocenters. The molecule has 2 fully saturated rings. The van der Waals surface area contributed by atoms with Crippen LogP contribution in [0, 0.1) is 10.8 Å². The lowest BCUT2D eigenvalue weighted by atomic mass is 9.63. The van der Waals surface area contributed by atoms with Crippen molar-refractivity contribution in [3.63, 3.8) is 0 Å². The van der Waals surface area contributed by atoms with Gasteiger partial charge in [0.15, 0.2) is 26.4 Å². The van der Waals surface area contributed by atoms with Crippen LogP contribution in [0.3, 0.4) is 0 Å². The van der Waals surface area contributed by atoms with Gasteiger partial charge in [0.25, 0.3) is 0 Å². The van der Waals surface area contributed by atoms with E-state index in [-0.39, 0.29) is 12.3 Å². The second kappa shape index (κ2) is 3.79. The average Bonchev–Trinajstić information content (AvgIpc) is 2.50. The summed E-state index contributed by atoms with van der Waals surface area (Å²) in [7, 11) is -3.55. The quantitative estimate of drug-likeness (QED) is 0.550. The number of sulfone groups is 1. The van der Waals surface area contributed by atoms with Gasteiger partial charge in [0.2, 0.25) is 5.91 Å². The van der Waals surface area contributed by atoms with Crippen LogP contribution in [-0.4, -0.2) is 53.9 Å². The van der Waals surface area contributed by atoms with Crippen LogP contribution in [0.25, 0.3) is 0 Å². The third-order valence-electron chi connectivity index (χ3n) is 3.96. The van der Waals surface area contributed by atoms with Gasteiger partial charge in [0.1, 0.15) is 0 Å². The van der Waals surface area contributed by atoms with Crippen LogP contribution in [-0.2, 0) is 19.4 Å². The number of carbonyl (C=O) groups is 2. The summed E-state index contributed by atoms with van der Waals surface area (Å²) in [6, 6.07) is 0. The lowest BCUT2D eigenvalue weighted by Crippen LogP contribution is -2.76. The number of aliphatic hydroxyl groups is 1. The summed E-state index contributed by atoms with van der Waals surface area (Å²) >= 11 is 0. The van der Waals surface area contributed by atoms with Crippen molar-refractivity contribution in [1.29, 1.82) is 0 Å². The lowest BCUT2D eigenvalue weighted by molar-refractivity contribution is -0.183. The molecule has 7 heteroatoms. The Bertz CT molecular complexity index is 545. The van der Waals surface area contributed by atoms with Gasteiger partial charge < -0.3 is 10.0 Å². The van der Waals surface area contributed by atoms with Crippen LogP contribution in [0.4, 0.5) is 0 Å². The van der Waals surface area contributed by atoms with Crippen molar-refractivity contribution < 1.29 is 23.1 Å². The molecule has 2 rings (SSSR count). The molecule has 1 amide bonds. The first-order chi connectivity index (χ1) is 8.47. The van der Waals surface area contributed by atoms with Crippen LogP contribution < -0.4 is 0 Å². The number of ketones is 1. The smallest absolute Gasteiger partial charge is 0.243 e. The minimum atomic E-state index is -3.55. The molecule has 0 aromatic heterocycles. The van der Waals surface area contributed by atoms with Gasteiger partial charge in [-0.2, -0.15) is 0 Å². The lowest BCUT2D eigenvalue weighted by Gasteiger charge is -2.53. The Balaban J connectivity index is 2.60. The third kappa shape index (κ3) is 1.61. The monoisotopic (exact) mass is 289 g/mol. The highest BCUT2D eigenvalue weighted by atomic mass is 32.2. The molecular formula is C12H19NO5S. The Kier molecular flexibility index (Phi) is 2.88. The summed E-state index contributed by atoms with van der Waals surface area (Å²) in [6.45, 7) is 6.29. The molecule has 0 unspecified atom stereocenters. The molecule has 2 aliphatic heterocycles. The normalized spacial score (nSPS) is 34.7. The second-order valence-corrected chi connectivity index (χ2v) is 8.52. The van der Waals surface area contributed by atoms with Crippen molar-refractivity contribution in [2.24, 2.45) is 10.8 Å². The zero-order chi connectivity index (χ0) is 14.8. The summed E-state index contributed by atoms with van der Waals surface area (Å²) in [5.74, 6) is -1.21. The van der Waals surface area contributed by atoms with Gasteiger partial charge in [-0.3, -0.25) is 9.59 Å². The molecule has 6 nitrogen and oxygen atoms in total. The number of Topliss-reactive ketones (excluding diaryl/α,β-unsaturated/α-hetero) is 1. The van der Waals surface area contributed by atoms with Crippen LogP contribution in [0.2, 0.25) is 0 Å². The van der Waals surface area contributed by atoms with Crippen molar-refractivity contribution >= 4 is 21.5 Å². The van der Waals surface area contributed by atoms with Crippen molar-refractivity contribution in [1.82, 2.24) is 4.90 Å². The van der Waals surface area contributed by atoms with E-state index in [4.69, 9.17) is 0 Å². The molecule has 108 valence electrons. The van der Waals surface area contributed by atoms with E-state index in [9.17, 15) is 23.1 Å². The van der Waals surface area contributed by atoms with E-state index in [0.717, 1.165) is 0 Å². The number of nitrogens with zero attached hydrogens (tertiary/aromatic N) is 1. The largest absolute Gasteiger partial charge is 0.392 e. The Morgan fingerprint density at radius 2 is 2.00 bits per heavy atom. The first-order valence-corrected chi connectivity index (χ1v) is 7.94. The Morgan fingerprint density at radius 1 is 1.47 bits per heavy atom. The summed E-state index contributed by atoms with van der Waals surface area (Å²) in [5.41, 5.74) is -2.72. The molecule has 0 aliphatic carbocycles. The molecule has 19 heavy (non-hydrogen) atoms. The van der Waals surface area contributed by atoms with Crippen molar-refractivity contribution in [2.45, 2.75) is 39.2 Å². The number of β-lactam (4-membered cyclic amide) rings is 1. The number of hydrogen-bond donors (Lipinski definition) is 1. The third-order valence-corrected chi connectivity index (χ3v) is 6.02. The maximum atomic E-state index is 12.6. The molecule has 0 radical (unpaired) electrons. The molecule has 0 aromatic carbocycles. The number of amides is 1. The summed E-state index contributed by atoms with van der Waals surface area (Å²) in [5, 5.41) is 8.78. The summed E-state index contributed by atoms with van der Waals surface area (Å²) in [4.78, 5) is 26.0. The predicted molar refractivity (Wildman–Crippen MR) is 67.9 cm³/mol. The fourth-order valence-electron chi connectivity index (χ4n) is 3.07. The molecule has 2 saturated heterocycles. The van der Waals surface area contributed by atoms with Gasteiger partial charge in [-0.1, -0.05) is 20.8 Å². The SMILES string of the molecule is C[C@@H](O)[C@@]1(C(=O)C(C)(C)C)C(=O)N2CCS(=O)(=O)[C@H]21. The van der Waals surface area contributed by atoms with Gasteiger partial charge in [0.05, 0.1) is 11.9 Å². The molecule has 0 spiro atoms. The molecular weight excluding hydrogens is 270 g/mol. The maximum absolute atomic E-state index is 12.6. The number of fused-ring (bicyclic) bond motifs is 1. The van der Waals surface area contributed by atoms with Gasteiger partial charge in [-0.15, -0.1) is 0 Å². The van der Waals surface area contributed by atoms with Gasteiger partial charge in [-0.05, 0) is 6.92 Å². The average molecular weight is 289 g/mol. The first-order valence-electron chi connectivity index (χ1n) is 6.23.